The first-order valence-corrected chi connectivity index (χ1v) is 8.78. The maximum Gasteiger partial charge on any atom is 0.335 e. The maximum atomic E-state index is 10.8. The van der Waals surface area contributed by atoms with E-state index in [9.17, 15) is 4.79 Å². The van der Waals surface area contributed by atoms with Crippen LogP contribution in [0.15, 0.2) is 48.5 Å². The third-order valence-corrected chi connectivity index (χ3v) is 3.94. The fourth-order valence-corrected chi connectivity index (χ4v) is 2.54. The molecule has 0 fully saturated rings. The van der Waals surface area contributed by atoms with Gasteiger partial charge in [0.05, 0.1) is 5.56 Å². The number of hydrogen-bond donors (Lipinski definition) is 2. The summed E-state index contributed by atoms with van der Waals surface area (Å²) < 4.78 is 0. The first-order valence-electron chi connectivity index (χ1n) is 8.78. The Kier molecular flexibility index (Phi) is 7.59. The fourth-order valence-electron chi connectivity index (χ4n) is 2.54. The van der Waals surface area contributed by atoms with Gasteiger partial charge in [0.1, 0.15) is 0 Å². The number of unbranched alkanes of at least 4 members (excludes halogenated alkanes) is 4. The van der Waals surface area contributed by atoms with E-state index in [2.05, 4.69) is 42.3 Å². The Morgan fingerprint density at radius 3 is 2.52 bits per heavy atom. The molecule has 3 heteroatoms. The van der Waals surface area contributed by atoms with E-state index in [1.54, 1.807) is 12.1 Å². The zero-order chi connectivity index (χ0) is 17.9. The van der Waals surface area contributed by atoms with E-state index >= 15 is 0 Å². The van der Waals surface area contributed by atoms with Crippen LogP contribution in [0.4, 0.5) is 5.69 Å². The quantitative estimate of drug-likeness (QED) is 0.521. The number of carboxylic acid groups (broad SMARTS) is 1. The highest BCUT2D eigenvalue weighted by Crippen LogP contribution is 2.10. The molecule has 2 rings (SSSR count). The van der Waals surface area contributed by atoms with Crippen molar-refractivity contribution in [2.24, 2.45) is 0 Å². The van der Waals surface area contributed by atoms with Crippen LogP contribution in [0.5, 0.6) is 0 Å². The van der Waals surface area contributed by atoms with E-state index in [1.165, 1.54) is 18.4 Å². The Bertz CT molecular complexity index is 739. The Hall–Kier alpha value is -2.73. The predicted octanol–water partition coefficient (Wildman–Crippen LogP) is 5.11. The smallest absolute Gasteiger partial charge is 0.335 e. The summed E-state index contributed by atoms with van der Waals surface area (Å²) >= 11 is 0. The number of nitrogens with one attached hydrogen (secondary N) is 1. The molecule has 0 saturated heterocycles. The van der Waals surface area contributed by atoms with Crippen LogP contribution in [0.3, 0.4) is 0 Å². The van der Waals surface area contributed by atoms with Crippen LogP contribution in [0.25, 0.3) is 0 Å². The van der Waals surface area contributed by atoms with Gasteiger partial charge in [-0.1, -0.05) is 36.8 Å². The number of anilines is 1. The summed E-state index contributed by atoms with van der Waals surface area (Å²) in [4.78, 5) is 10.8. The molecule has 0 amide bonds. The number of aromatic carboxylic acids is 1. The number of rotatable bonds is 8. The molecule has 0 unspecified atom stereocenters. The third kappa shape index (κ3) is 7.14. The molecule has 0 spiro atoms. The Balaban J connectivity index is 1.54. The normalized spacial score (nSPS) is 9.96. The molecule has 0 aliphatic rings. The molecule has 0 aromatic heterocycles. The Morgan fingerprint density at radius 2 is 1.80 bits per heavy atom. The van der Waals surface area contributed by atoms with Gasteiger partial charge in [0.25, 0.3) is 0 Å². The number of carboxylic acids is 1. The number of carbonyl (C=O) groups is 1. The first-order chi connectivity index (χ1) is 12.1. The Labute approximate surface area is 150 Å². The van der Waals surface area contributed by atoms with Crippen LogP contribution >= 0.6 is 0 Å². The van der Waals surface area contributed by atoms with Gasteiger partial charge in [-0.05, 0) is 61.7 Å². The molecule has 0 aliphatic heterocycles. The van der Waals surface area contributed by atoms with Gasteiger partial charge >= 0.3 is 5.97 Å². The molecule has 25 heavy (non-hydrogen) atoms. The molecule has 3 nitrogen and oxygen atoms in total. The molecule has 0 aliphatic carbocycles. The summed E-state index contributed by atoms with van der Waals surface area (Å²) in [5.74, 6) is 5.57. The SMILES string of the molecule is Cc1cccc(C#CCCCCCCNc2ccc(C(=O)O)cc2)c1. The molecule has 0 radical (unpaired) electrons. The van der Waals surface area contributed by atoms with E-state index in [4.69, 9.17) is 5.11 Å². The molecule has 0 bridgehead atoms. The van der Waals surface area contributed by atoms with Crippen LogP contribution in [0.1, 0.15) is 53.6 Å². The van der Waals surface area contributed by atoms with Gasteiger partial charge in [-0.15, -0.1) is 0 Å². The molecule has 130 valence electrons. The molecule has 0 heterocycles. The van der Waals surface area contributed by atoms with Crippen molar-refractivity contribution in [3.63, 3.8) is 0 Å². The highest BCUT2D eigenvalue weighted by Gasteiger charge is 2.00. The average Bonchev–Trinajstić information content (AvgIpc) is 2.61. The highest BCUT2D eigenvalue weighted by molar-refractivity contribution is 5.87. The van der Waals surface area contributed by atoms with Gasteiger partial charge in [0.2, 0.25) is 0 Å². The topological polar surface area (TPSA) is 49.3 Å². The summed E-state index contributed by atoms with van der Waals surface area (Å²) in [6.07, 6.45) is 5.53. The number of benzene rings is 2. The lowest BCUT2D eigenvalue weighted by molar-refractivity contribution is 0.0697. The van der Waals surface area contributed by atoms with Crippen molar-refractivity contribution in [3.8, 4) is 11.8 Å². The van der Waals surface area contributed by atoms with Gasteiger partial charge < -0.3 is 10.4 Å². The zero-order valence-corrected chi connectivity index (χ0v) is 14.7. The monoisotopic (exact) mass is 335 g/mol. The van der Waals surface area contributed by atoms with Crippen molar-refractivity contribution in [2.45, 2.75) is 39.0 Å². The first kappa shape index (κ1) is 18.6. The van der Waals surface area contributed by atoms with Gasteiger partial charge in [0, 0.05) is 24.2 Å². The van der Waals surface area contributed by atoms with E-state index in [0.717, 1.165) is 37.1 Å². The minimum atomic E-state index is -0.892. The van der Waals surface area contributed by atoms with Crippen molar-refractivity contribution in [3.05, 3.63) is 65.2 Å². The molecule has 2 aromatic carbocycles. The van der Waals surface area contributed by atoms with Crippen LogP contribution in [-0.2, 0) is 0 Å². The zero-order valence-electron chi connectivity index (χ0n) is 14.7. The van der Waals surface area contributed by atoms with Crippen molar-refractivity contribution >= 4 is 11.7 Å². The minimum absolute atomic E-state index is 0.317. The number of aryl methyl sites for hydroxylation is 1. The van der Waals surface area contributed by atoms with E-state index in [-0.39, 0.29) is 0 Å². The molecule has 0 saturated carbocycles. The largest absolute Gasteiger partial charge is 0.478 e. The second-order valence-corrected chi connectivity index (χ2v) is 6.14. The summed E-state index contributed by atoms with van der Waals surface area (Å²) in [6, 6.07) is 15.2. The molecule has 2 N–H and O–H groups in total. The lowest BCUT2D eigenvalue weighted by Gasteiger charge is -2.06. The van der Waals surface area contributed by atoms with Gasteiger partial charge in [0.15, 0.2) is 0 Å². The summed E-state index contributed by atoms with van der Waals surface area (Å²) in [5, 5.41) is 12.2. The van der Waals surface area contributed by atoms with Crippen LogP contribution in [0, 0.1) is 18.8 Å². The van der Waals surface area contributed by atoms with Crippen molar-refractivity contribution in [1.82, 2.24) is 0 Å². The highest BCUT2D eigenvalue weighted by atomic mass is 16.4. The van der Waals surface area contributed by atoms with Crippen molar-refractivity contribution in [1.29, 1.82) is 0 Å². The van der Waals surface area contributed by atoms with E-state index < -0.39 is 5.97 Å². The Morgan fingerprint density at radius 1 is 1.04 bits per heavy atom. The van der Waals surface area contributed by atoms with E-state index in [0.29, 0.717) is 5.56 Å². The second kappa shape index (κ2) is 10.2. The standard InChI is InChI=1S/C22H25NO2/c1-18-9-8-11-19(17-18)10-6-4-2-3-5-7-16-23-21-14-12-20(13-15-21)22(24)25/h8-9,11-15,17,23H,2-5,7,16H2,1H3,(H,24,25). The molecule has 2 aromatic rings. The third-order valence-electron chi connectivity index (χ3n) is 3.94. The molecular weight excluding hydrogens is 310 g/mol. The van der Waals surface area contributed by atoms with Crippen LogP contribution in [-0.4, -0.2) is 17.6 Å². The predicted molar refractivity (Wildman–Crippen MR) is 103 cm³/mol. The van der Waals surface area contributed by atoms with Crippen LogP contribution in [0.2, 0.25) is 0 Å². The summed E-state index contributed by atoms with van der Waals surface area (Å²) in [6.45, 7) is 2.99. The van der Waals surface area contributed by atoms with Gasteiger partial charge in [-0.25, -0.2) is 4.79 Å². The second-order valence-electron chi connectivity index (χ2n) is 6.14. The van der Waals surface area contributed by atoms with Gasteiger partial charge in [-0.2, -0.15) is 0 Å². The van der Waals surface area contributed by atoms with Crippen molar-refractivity contribution < 1.29 is 9.90 Å². The van der Waals surface area contributed by atoms with Crippen molar-refractivity contribution in [2.75, 3.05) is 11.9 Å². The lowest BCUT2D eigenvalue weighted by atomic mass is 10.1. The van der Waals surface area contributed by atoms with Crippen LogP contribution < -0.4 is 5.32 Å². The van der Waals surface area contributed by atoms with E-state index in [1.807, 2.05) is 18.2 Å². The van der Waals surface area contributed by atoms with Gasteiger partial charge in [-0.3, -0.25) is 0 Å². The fraction of sp³-hybridized carbons (Fsp3) is 0.318. The minimum Gasteiger partial charge on any atom is -0.478 e. The molecular formula is C22H25NO2. The summed E-state index contributed by atoms with van der Waals surface area (Å²) in [7, 11) is 0. The summed E-state index contributed by atoms with van der Waals surface area (Å²) in [5.41, 5.74) is 3.63. The maximum absolute atomic E-state index is 10.8. The average molecular weight is 335 g/mol. The molecule has 0 atom stereocenters. The number of hydrogen-bond acceptors (Lipinski definition) is 2. The lowest BCUT2D eigenvalue weighted by Crippen LogP contribution is -2.02.